The fourth-order valence-corrected chi connectivity index (χ4v) is 6.38. The van der Waals surface area contributed by atoms with Gasteiger partial charge in [-0.15, -0.1) is 0 Å². The molecule has 0 aromatic heterocycles. The molecule has 34 heavy (non-hydrogen) atoms. The minimum atomic E-state index is -0.742. The number of fused-ring (bicyclic) bond motifs is 1. The summed E-state index contributed by atoms with van der Waals surface area (Å²) < 4.78 is 5.94. The molecule has 1 aromatic rings. The monoisotopic (exact) mass is 474 g/mol. The van der Waals surface area contributed by atoms with Crippen molar-refractivity contribution in [2.24, 2.45) is 17.6 Å². The molecule has 2 aliphatic carbocycles. The van der Waals surface area contributed by atoms with E-state index in [1.54, 1.807) is 13.2 Å². The summed E-state index contributed by atoms with van der Waals surface area (Å²) >= 11 is 0. The zero-order valence-corrected chi connectivity index (χ0v) is 20.9. The van der Waals surface area contributed by atoms with Gasteiger partial charge in [0, 0.05) is 30.6 Å². The van der Waals surface area contributed by atoms with Gasteiger partial charge in [0.05, 0.1) is 18.1 Å². The van der Waals surface area contributed by atoms with E-state index in [1.165, 1.54) is 5.56 Å². The second-order valence-electron chi connectivity index (χ2n) is 10.2. The lowest BCUT2D eigenvalue weighted by Gasteiger charge is -2.49. The van der Waals surface area contributed by atoms with Crippen LogP contribution in [0.4, 0.5) is 0 Å². The first kappa shape index (κ1) is 26.6. The molecule has 0 radical (unpaired) electrons. The summed E-state index contributed by atoms with van der Waals surface area (Å²) in [7, 11) is 1.73. The number of ether oxygens (including phenoxy) is 1. The standard InChI is InChI=1S/C27H42N2O5/c1-4-27(5-2)22-15-19(25(28)31)9-8-18(22)16-23(34-3)24(27)29-13-12-20(26(32)33)14-17-6-10-21(30)11-7-17/h8-9,15,17,20-21,23-24,29-30H,4-7,10-14,16H2,1-3H3,(H2,28,31)(H,32,33)/t17?,20-,21?,23+,24-/m1/s1. The van der Waals surface area contributed by atoms with E-state index in [0.29, 0.717) is 30.9 Å². The van der Waals surface area contributed by atoms with Gasteiger partial charge in [-0.2, -0.15) is 0 Å². The van der Waals surface area contributed by atoms with Gasteiger partial charge in [-0.3, -0.25) is 9.59 Å². The molecule has 0 spiro atoms. The number of aliphatic hydroxyl groups is 1. The third-order valence-corrected chi connectivity index (χ3v) is 8.52. The van der Waals surface area contributed by atoms with Gasteiger partial charge < -0.3 is 26.0 Å². The molecule has 1 amide bonds. The van der Waals surface area contributed by atoms with Crippen molar-refractivity contribution in [3.05, 3.63) is 34.9 Å². The average molecular weight is 475 g/mol. The van der Waals surface area contributed by atoms with E-state index < -0.39 is 17.8 Å². The third kappa shape index (κ3) is 5.64. The van der Waals surface area contributed by atoms with E-state index in [2.05, 4.69) is 19.2 Å². The van der Waals surface area contributed by atoms with Crippen LogP contribution in [-0.4, -0.2) is 54.0 Å². The zero-order valence-electron chi connectivity index (χ0n) is 20.9. The SMILES string of the molecule is CCC1(CC)c2cc(C(N)=O)ccc2C[C@H](OC)[C@H]1NCC[C@H](CC1CCC(O)CC1)C(=O)O. The highest BCUT2D eigenvalue weighted by molar-refractivity contribution is 5.93. The quantitative estimate of drug-likeness (QED) is 0.390. The van der Waals surface area contributed by atoms with Gasteiger partial charge in [0.2, 0.25) is 5.91 Å². The van der Waals surface area contributed by atoms with Crippen LogP contribution >= 0.6 is 0 Å². The normalized spacial score (nSPS) is 27.1. The van der Waals surface area contributed by atoms with Crippen LogP contribution in [0.5, 0.6) is 0 Å². The Morgan fingerprint density at radius 3 is 2.44 bits per heavy atom. The van der Waals surface area contributed by atoms with Crippen molar-refractivity contribution in [2.45, 2.75) is 95.3 Å². The first-order chi connectivity index (χ1) is 16.2. The summed E-state index contributed by atoms with van der Waals surface area (Å²) in [6.45, 7) is 4.91. The number of carboxylic acids is 1. The van der Waals surface area contributed by atoms with Gasteiger partial charge in [0.25, 0.3) is 0 Å². The fraction of sp³-hybridized carbons (Fsp3) is 0.704. The van der Waals surface area contributed by atoms with Crippen LogP contribution in [0.15, 0.2) is 18.2 Å². The molecule has 1 aromatic carbocycles. The first-order valence-corrected chi connectivity index (χ1v) is 12.9. The van der Waals surface area contributed by atoms with Gasteiger partial charge in [-0.1, -0.05) is 19.9 Å². The molecule has 0 unspecified atom stereocenters. The van der Waals surface area contributed by atoms with E-state index in [0.717, 1.165) is 50.5 Å². The van der Waals surface area contributed by atoms with Crippen LogP contribution in [-0.2, 0) is 21.4 Å². The van der Waals surface area contributed by atoms with Crippen molar-refractivity contribution < 1.29 is 24.5 Å². The lowest BCUT2D eigenvalue weighted by molar-refractivity contribution is -0.142. The largest absolute Gasteiger partial charge is 0.481 e. The van der Waals surface area contributed by atoms with Crippen molar-refractivity contribution >= 4 is 11.9 Å². The molecule has 190 valence electrons. The molecule has 0 aliphatic heterocycles. The Balaban J connectivity index is 1.76. The Hall–Kier alpha value is -1.96. The predicted octanol–water partition coefficient (Wildman–Crippen LogP) is 3.40. The van der Waals surface area contributed by atoms with E-state index in [9.17, 15) is 19.8 Å². The molecule has 0 heterocycles. The summed E-state index contributed by atoms with van der Waals surface area (Å²) in [5.74, 6) is -1.20. The lowest BCUT2D eigenvalue weighted by Crippen LogP contribution is -2.59. The van der Waals surface area contributed by atoms with E-state index in [-0.39, 0.29) is 23.7 Å². The van der Waals surface area contributed by atoms with Gasteiger partial charge in [-0.25, -0.2) is 0 Å². The van der Waals surface area contributed by atoms with Crippen LogP contribution < -0.4 is 11.1 Å². The molecule has 1 fully saturated rings. The van der Waals surface area contributed by atoms with Crippen molar-refractivity contribution in [3.63, 3.8) is 0 Å². The summed E-state index contributed by atoms with van der Waals surface area (Å²) in [6, 6.07) is 5.74. The predicted molar refractivity (Wildman–Crippen MR) is 132 cm³/mol. The van der Waals surface area contributed by atoms with E-state index in [1.807, 2.05) is 12.1 Å². The molecular weight excluding hydrogens is 432 g/mol. The number of nitrogens with one attached hydrogen (secondary N) is 1. The second-order valence-corrected chi connectivity index (χ2v) is 10.2. The Morgan fingerprint density at radius 2 is 1.88 bits per heavy atom. The van der Waals surface area contributed by atoms with Gasteiger partial charge in [0.1, 0.15) is 0 Å². The number of hydrogen-bond donors (Lipinski definition) is 4. The smallest absolute Gasteiger partial charge is 0.306 e. The van der Waals surface area contributed by atoms with Crippen molar-refractivity contribution in [1.82, 2.24) is 5.32 Å². The number of aliphatic carboxylic acids is 1. The van der Waals surface area contributed by atoms with Crippen molar-refractivity contribution in [1.29, 1.82) is 0 Å². The average Bonchev–Trinajstić information content (AvgIpc) is 2.83. The summed E-state index contributed by atoms with van der Waals surface area (Å²) in [6.07, 6.45) is 6.76. The van der Waals surface area contributed by atoms with Gasteiger partial charge >= 0.3 is 5.97 Å². The number of primary amides is 1. The maximum atomic E-state index is 12.0. The maximum absolute atomic E-state index is 12.0. The van der Waals surface area contributed by atoms with E-state index >= 15 is 0 Å². The first-order valence-electron chi connectivity index (χ1n) is 12.9. The summed E-state index contributed by atoms with van der Waals surface area (Å²) in [4.78, 5) is 23.9. The molecule has 0 bridgehead atoms. The number of nitrogens with two attached hydrogens (primary N) is 1. The number of rotatable bonds is 11. The Kier molecular flexibility index (Phi) is 9.13. The second kappa shape index (κ2) is 11.6. The maximum Gasteiger partial charge on any atom is 0.306 e. The zero-order chi connectivity index (χ0) is 24.9. The highest BCUT2D eigenvalue weighted by Gasteiger charge is 2.46. The van der Waals surface area contributed by atoms with E-state index in [4.69, 9.17) is 10.5 Å². The molecule has 1 saturated carbocycles. The van der Waals surface area contributed by atoms with Crippen LogP contribution in [0, 0.1) is 11.8 Å². The van der Waals surface area contributed by atoms with Crippen LogP contribution in [0.1, 0.15) is 86.7 Å². The molecule has 2 aliphatic rings. The van der Waals surface area contributed by atoms with Crippen molar-refractivity contribution in [2.75, 3.05) is 13.7 Å². The van der Waals surface area contributed by atoms with Crippen molar-refractivity contribution in [3.8, 4) is 0 Å². The van der Waals surface area contributed by atoms with Crippen LogP contribution in [0.3, 0.4) is 0 Å². The number of methoxy groups -OCH3 is 1. The number of aliphatic hydroxyl groups excluding tert-OH is 1. The molecule has 3 rings (SSSR count). The molecule has 5 N–H and O–H groups in total. The Labute approximate surface area is 203 Å². The summed E-state index contributed by atoms with van der Waals surface area (Å²) in [5.41, 5.74) is 8.19. The molecule has 7 heteroatoms. The lowest BCUT2D eigenvalue weighted by atomic mass is 9.62. The number of carbonyl (C=O) groups is 2. The van der Waals surface area contributed by atoms with Crippen LogP contribution in [0.2, 0.25) is 0 Å². The minimum Gasteiger partial charge on any atom is -0.481 e. The Morgan fingerprint density at radius 1 is 1.21 bits per heavy atom. The number of benzene rings is 1. The fourth-order valence-electron chi connectivity index (χ4n) is 6.38. The third-order valence-electron chi connectivity index (χ3n) is 8.52. The Bertz CT molecular complexity index is 845. The number of hydrogen-bond acceptors (Lipinski definition) is 5. The molecule has 0 saturated heterocycles. The highest BCUT2D eigenvalue weighted by Crippen LogP contribution is 2.44. The van der Waals surface area contributed by atoms with Gasteiger partial charge in [-0.05, 0) is 87.1 Å². The highest BCUT2D eigenvalue weighted by atomic mass is 16.5. The number of carboxylic acid groups (broad SMARTS) is 1. The summed E-state index contributed by atoms with van der Waals surface area (Å²) in [5, 5.41) is 23.3. The molecule has 3 atom stereocenters. The number of amides is 1. The topological polar surface area (TPSA) is 122 Å². The molecule has 7 nitrogen and oxygen atoms in total. The number of carbonyl (C=O) groups excluding carboxylic acids is 1. The molecular formula is C27H42N2O5. The van der Waals surface area contributed by atoms with Crippen LogP contribution in [0.25, 0.3) is 0 Å². The van der Waals surface area contributed by atoms with Gasteiger partial charge in [0.15, 0.2) is 0 Å². The minimum absolute atomic E-state index is 0.00222.